The molecule has 0 aliphatic rings. The summed E-state index contributed by atoms with van der Waals surface area (Å²) >= 11 is 0. The van der Waals surface area contributed by atoms with E-state index in [0.717, 1.165) is 13.0 Å². The van der Waals surface area contributed by atoms with E-state index in [1.54, 1.807) is 0 Å². The molecule has 0 radical (unpaired) electrons. The topological polar surface area (TPSA) is 41.5 Å². The molecule has 0 aliphatic carbocycles. The molecule has 2 N–H and O–H groups in total. The molecular formula is C14H23NO2. The van der Waals surface area contributed by atoms with Crippen LogP contribution in [0.1, 0.15) is 25.8 Å². The average Bonchev–Trinajstić information content (AvgIpc) is 2.29. The van der Waals surface area contributed by atoms with Gasteiger partial charge in [0.2, 0.25) is 0 Å². The Morgan fingerprint density at radius 3 is 2.59 bits per heavy atom. The molecule has 0 saturated carbocycles. The Hall–Kier alpha value is -0.900. The van der Waals surface area contributed by atoms with Crippen LogP contribution in [0.15, 0.2) is 30.3 Å². The highest BCUT2D eigenvalue weighted by Crippen LogP contribution is 2.00. The average molecular weight is 237 g/mol. The molecule has 1 rings (SSSR count). The van der Waals surface area contributed by atoms with Gasteiger partial charge in [-0.15, -0.1) is 0 Å². The van der Waals surface area contributed by atoms with Gasteiger partial charge in [-0.1, -0.05) is 30.3 Å². The first kappa shape index (κ1) is 14.2. The first-order valence-electron chi connectivity index (χ1n) is 6.21. The van der Waals surface area contributed by atoms with Crippen molar-refractivity contribution in [1.29, 1.82) is 0 Å². The van der Waals surface area contributed by atoms with Gasteiger partial charge in [-0.3, -0.25) is 0 Å². The maximum Gasteiger partial charge on any atom is 0.0717 e. The van der Waals surface area contributed by atoms with Crippen molar-refractivity contribution < 1.29 is 9.84 Å². The molecule has 0 bridgehead atoms. The van der Waals surface area contributed by atoms with Crippen molar-refractivity contribution in [1.82, 2.24) is 5.32 Å². The van der Waals surface area contributed by atoms with Gasteiger partial charge in [0.1, 0.15) is 0 Å². The van der Waals surface area contributed by atoms with E-state index < -0.39 is 0 Å². The molecular weight excluding hydrogens is 214 g/mol. The van der Waals surface area contributed by atoms with Crippen molar-refractivity contribution in [3.8, 4) is 0 Å². The monoisotopic (exact) mass is 237 g/mol. The fourth-order valence-corrected chi connectivity index (χ4v) is 1.74. The van der Waals surface area contributed by atoms with Crippen molar-refractivity contribution in [2.45, 2.75) is 39.0 Å². The summed E-state index contributed by atoms with van der Waals surface area (Å²) in [6.45, 7) is 6.06. The van der Waals surface area contributed by atoms with Crippen LogP contribution in [0.4, 0.5) is 0 Å². The second kappa shape index (κ2) is 8.23. The molecule has 2 unspecified atom stereocenters. The van der Waals surface area contributed by atoms with E-state index in [1.165, 1.54) is 5.56 Å². The third kappa shape index (κ3) is 7.10. The molecule has 1 aromatic carbocycles. The normalized spacial score (nSPS) is 14.5. The molecule has 0 aliphatic heterocycles. The second-order valence-corrected chi connectivity index (χ2v) is 4.48. The summed E-state index contributed by atoms with van der Waals surface area (Å²) in [4.78, 5) is 0. The number of rotatable bonds is 8. The molecule has 2 atom stereocenters. The van der Waals surface area contributed by atoms with Crippen LogP contribution in [-0.4, -0.2) is 30.4 Å². The van der Waals surface area contributed by atoms with E-state index in [4.69, 9.17) is 4.74 Å². The molecule has 0 amide bonds. The third-order valence-corrected chi connectivity index (χ3v) is 2.55. The van der Waals surface area contributed by atoms with Gasteiger partial charge in [-0.2, -0.15) is 0 Å². The van der Waals surface area contributed by atoms with Crippen molar-refractivity contribution in [3.63, 3.8) is 0 Å². The van der Waals surface area contributed by atoms with Gasteiger partial charge in [0.25, 0.3) is 0 Å². The van der Waals surface area contributed by atoms with Gasteiger partial charge in [0.05, 0.1) is 19.3 Å². The van der Waals surface area contributed by atoms with Gasteiger partial charge in [0.15, 0.2) is 0 Å². The minimum atomic E-state index is -0.247. The molecule has 0 aromatic heterocycles. The van der Waals surface area contributed by atoms with Gasteiger partial charge < -0.3 is 15.2 Å². The number of hydrogen-bond acceptors (Lipinski definition) is 3. The van der Waals surface area contributed by atoms with Crippen LogP contribution in [0.25, 0.3) is 0 Å². The predicted molar refractivity (Wildman–Crippen MR) is 69.9 cm³/mol. The zero-order valence-electron chi connectivity index (χ0n) is 10.7. The summed E-state index contributed by atoms with van der Waals surface area (Å²) < 4.78 is 5.55. The van der Waals surface area contributed by atoms with Crippen LogP contribution in [-0.2, 0) is 11.3 Å². The molecule has 0 spiro atoms. The van der Waals surface area contributed by atoms with Gasteiger partial charge in [-0.25, -0.2) is 0 Å². The lowest BCUT2D eigenvalue weighted by Gasteiger charge is -2.15. The Bertz CT molecular complexity index is 288. The number of aliphatic hydroxyl groups is 1. The highest BCUT2D eigenvalue weighted by atomic mass is 16.5. The van der Waals surface area contributed by atoms with Crippen LogP contribution < -0.4 is 5.32 Å². The fourth-order valence-electron chi connectivity index (χ4n) is 1.74. The SMILES string of the molecule is CC(O)CC(C)NCCOCc1ccccc1. The molecule has 0 saturated heterocycles. The zero-order chi connectivity index (χ0) is 12.5. The quantitative estimate of drug-likeness (QED) is 0.679. The van der Waals surface area contributed by atoms with Gasteiger partial charge in [-0.05, 0) is 25.8 Å². The van der Waals surface area contributed by atoms with Crippen molar-refractivity contribution in [2.75, 3.05) is 13.2 Å². The Labute approximate surface area is 104 Å². The van der Waals surface area contributed by atoms with Gasteiger partial charge in [0, 0.05) is 12.6 Å². The fraction of sp³-hybridized carbons (Fsp3) is 0.571. The number of hydrogen-bond donors (Lipinski definition) is 2. The lowest BCUT2D eigenvalue weighted by atomic mass is 10.1. The Kier molecular flexibility index (Phi) is 6.86. The second-order valence-electron chi connectivity index (χ2n) is 4.48. The van der Waals surface area contributed by atoms with Crippen molar-refractivity contribution in [3.05, 3.63) is 35.9 Å². The molecule has 0 fully saturated rings. The Morgan fingerprint density at radius 1 is 1.24 bits per heavy atom. The first-order chi connectivity index (χ1) is 8.18. The lowest BCUT2D eigenvalue weighted by Crippen LogP contribution is -2.31. The minimum absolute atomic E-state index is 0.247. The summed E-state index contributed by atoms with van der Waals surface area (Å²) in [5.74, 6) is 0. The largest absolute Gasteiger partial charge is 0.393 e. The smallest absolute Gasteiger partial charge is 0.0717 e. The molecule has 3 nitrogen and oxygen atoms in total. The van der Waals surface area contributed by atoms with Gasteiger partial charge >= 0.3 is 0 Å². The van der Waals surface area contributed by atoms with Crippen LogP contribution >= 0.6 is 0 Å². The van der Waals surface area contributed by atoms with Crippen LogP contribution in [0.2, 0.25) is 0 Å². The first-order valence-corrected chi connectivity index (χ1v) is 6.21. The van der Waals surface area contributed by atoms with E-state index >= 15 is 0 Å². The van der Waals surface area contributed by atoms with Crippen LogP contribution in [0.3, 0.4) is 0 Å². The molecule has 17 heavy (non-hydrogen) atoms. The van der Waals surface area contributed by atoms with Crippen LogP contribution in [0, 0.1) is 0 Å². The summed E-state index contributed by atoms with van der Waals surface area (Å²) in [6.07, 6.45) is 0.529. The maximum absolute atomic E-state index is 9.20. The maximum atomic E-state index is 9.20. The summed E-state index contributed by atoms with van der Waals surface area (Å²) in [5.41, 5.74) is 1.20. The molecule has 1 aromatic rings. The highest BCUT2D eigenvalue weighted by molar-refractivity contribution is 5.13. The van der Waals surface area contributed by atoms with E-state index in [-0.39, 0.29) is 6.10 Å². The number of benzene rings is 1. The number of nitrogens with one attached hydrogen (secondary N) is 1. The number of aliphatic hydroxyl groups excluding tert-OH is 1. The summed E-state index contributed by atoms with van der Waals surface area (Å²) in [6, 6.07) is 10.5. The Balaban J connectivity index is 2.01. The molecule has 96 valence electrons. The lowest BCUT2D eigenvalue weighted by molar-refractivity contribution is 0.117. The standard InChI is InChI=1S/C14H23NO2/c1-12(10-13(2)16)15-8-9-17-11-14-6-4-3-5-7-14/h3-7,12-13,15-16H,8-11H2,1-2H3. The van der Waals surface area contributed by atoms with Crippen molar-refractivity contribution in [2.24, 2.45) is 0 Å². The molecule has 0 heterocycles. The summed E-state index contributed by atoms with van der Waals surface area (Å²) in [5, 5.41) is 12.5. The predicted octanol–water partition coefficient (Wildman–Crippen LogP) is 1.95. The van der Waals surface area contributed by atoms with E-state index in [9.17, 15) is 5.11 Å². The molecule has 3 heteroatoms. The Morgan fingerprint density at radius 2 is 1.94 bits per heavy atom. The van der Waals surface area contributed by atoms with Crippen LogP contribution in [0.5, 0.6) is 0 Å². The third-order valence-electron chi connectivity index (χ3n) is 2.55. The van der Waals surface area contributed by atoms with Crippen molar-refractivity contribution >= 4 is 0 Å². The minimum Gasteiger partial charge on any atom is -0.393 e. The highest BCUT2D eigenvalue weighted by Gasteiger charge is 2.04. The van der Waals surface area contributed by atoms with E-state index in [2.05, 4.69) is 24.4 Å². The summed E-state index contributed by atoms with van der Waals surface area (Å²) in [7, 11) is 0. The van der Waals surface area contributed by atoms with E-state index in [0.29, 0.717) is 19.3 Å². The number of ether oxygens (including phenoxy) is 1. The van der Waals surface area contributed by atoms with E-state index in [1.807, 2.05) is 25.1 Å². The zero-order valence-corrected chi connectivity index (χ0v) is 10.7.